The van der Waals surface area contributed by atoms with Crippen molar-refractivity contribution in [1.29, 1.82) is 0 Å². The number of benzene rings is 1. The molecule has 1 saturated carbocycles. The fourth-order valence-electron chi connectivity index (χ4n) is 4.51. The van der Waals surface area contributed by atoms with Crippen LogP contribution in [0.2, 0.25) is 0 Å². The lowest BCUT2D eigenvalue weighted by Gasteiger charge is -2.28. The lowest BCUT2D eigenvalue weighted by Crippen LogP contribution is -2.31. The van der Waals surface area contributed by atoms with Crippen LogP contribution in [-0.4, -0.2) is 49.5 Å². The van der Waals surface area contributed by atoms with E-state index in [-0.39, 0.29) is 5.24 Å². The van der Waals surface area contributed by atoms with Crippen molar-refractivity contribution >= 4 is 23.6 Å². The molecular formula is C27H45N3O2S. The normalized spacial score (nSPS) is 16.4. The van der Waals surface area contributed by atoms with Crippen molar-refractivity contribution in [3.8, 4) is 5.75 Å². The molecular weight excluding hydrogens is 430 g/mol. The monoisotopic (exact) mass is 475 g/mol. The van der Waals surface area contributed by atoms with Gasteiger partial charge in [0.05, 0.1) is 6.61 Å². The molecule has 2 N–H and O–H groups in total. The summed E-state index contributed by atoms with van der Waals surface area (Å²) in [6.07, 6.45) is 16.7. The lowest BCUT2D eigenvalue weighted by atomic mass is 10.0. The van der Waals surface area contributed by atoms with Crippen LogP contribution in [0.3, 0.4) is 0 Å². The second kappa shape index (κ2) is 16.2. The molecule has 0 aromatic heterocycles. The summed E-state index contributed by atoms with van der Waals surface area (Å²) in [7, 11) is 2.13. The first-order valence-electron chi connectivity index (χ1n) is 12.8. The Morgan fingerprint density at radius 3 is 2.61 bits per heavy atom. The zero-order valence-corrected chi connectivity index (χ0v) is 21.5. The Bertz CT molecular complexity index is 705. The summed E-state index contributed by atoms with van der Waals surface area (Å²) in [6, 6.07) is 6.53. The number of anilines is 1. The number of nitrogens with zero attached hydrogens (tertiary/aromatic N) is 2. The highest BCUT2D eigenvalue weighted by Gasteiger charge is 2.20. The summed E-state index contributed by atoms with van der Waals surface area (Å²) in [5.41, 5.74) is 7.89. The first kappa shape index (κ1) is 27.7. The standard InChI is InChI=1S/C20H30N2O2S.C7H15N/c1-3-12-21(2)13-6-4-5-7-15-24-18-10-11-19-17(16-18)9-8-14-22(19)20(23)25;8-7-5-3-1-2-4-6-7/h3,10-11,16H,1,4-9,12-15H2,2H3,(H,23,25);7H,1-6,8H2. The Morgan fingerprint density at radius 1 is 1.18 bits per heavy atom. The molecule has 1 amide bonds. The molecule has 0 unspecified atom stereocenters. The summed E-state index contributed by atoms with van der Waals surface area (Å²) in [6.45, 7) is 7.33. The predicted molar refractivity (Wildman–Crippen MR) is 144 cm³/mol. The van der Waals surface area contributed by atoms with Gasteiger partial charge in [-0.15, -0.1) is 6.58 Å². The van der Waals surface area contributed by atoms with Crippen molar-refractivity contribution in [2.75, 3.05) is 38.2 Å². The number of likely N-dealkylation sites (N-methyl/N-ethyl adjacent to an activating group) is 1. The molecule has 1 heterocycles. The zero-order chi connectivity index (χ0) is 23.9. The van der Waals surface area contributed by atoms with E-state index in [2.05, 4.69) is 37.2 Å². The first-order chi connectivity index (χ1) is 16.0. The minimum absolute atomic E-state index is 0.187. The molecule has 0 bridgehead atoms. The Labute approximate surface area is 207 Å². The second-order valence-electron chi connectivity index (χ2n) is 9.39. The van der Waals surface area contributed by atoms with Gasteiger partial charge in [0.15, 0.2) is 0 Å². The number of fused-ring (bicyclic) bond motifs is 1. The van der Waals surface area contributed by atoms with Crippen molar-refractivity contribution in [1.82, 2.24) is 4.90 Å². The number of hydrogen-bond acceptors (Lipinski definition) is 4. The third kappa shape index (κ3) is 11.0. The van der Waals surface area contributed by atoms with Crippen LogP contribution in [0.1, 0.15) is 76.2 Å². The molecule has 1 aliphatic heterocycles. The number of carbonyl (C=O) groups is 1. The number of ether oxygens (including phenoxy) is 1. The molecule has 6 heteroatoms. The van der Waals surface area contributed by atoms with Crippen molar-refractivity contribution in [2.24, 2.45) is 5.73 Å². The first-order valence-corrected chi connectivity index (χ1v) is 13.3. The fourth-order valence-corrected chi connectivity index (χ4v) is 4.72. The van der Waals surface area contributed by atoms with E-state index < -0.39 is 0 Å². The molecule has 3 rings (SSSR count). The van der Waals surface area contributed by atoms with Crippen molar-refractivity contribution in [3.05, 3.63) is 36.4 Å². The van der Waals surface area contributed by atoms with Gasteiger partial charge in [0.25, 0.3) is 5.24 Å². The molecule has 0 radical (unpaired) electrons. The number of thiol groups is 1. The Balaban J connectivity index is 0.000000405. The van der Waals surface area contributed by atoms with Crippen LogP contribution in [0.5, 0.6) is 5.75 Å². The SMILES string of the molecule is C=CCN(C)CCCCCCOc1ccc2c(c1)CCCN2C(=O)S.NC1CCCCCC1. The largest absolute Gasteiger partial charge is 0.494 e. The molecule has 33 heavy (non-hydrogen) atoms. The van der Waals surface area contributed by atoms with Gasteiger partial charge in [0.1, 0.15) is 5.75 Å². The van der Waals surface area contributed by atoms with E-state index in [1.54, 1.807) is 4.90 Å². The van der Waals surface area contributed by atoms with Crippen LogP contribution >= 0.6 is 12.6 Å². The van der Waals surface area contributed by atoms with Crippen LogP contribution < -0.4 is 15.4 Å². The van der Waals surface area contributed by atoms with Crippen molar-refractivity contribution < 1.29 is 9.53 Å². The maximum atomic E-state index is 11.6. The smallest absolute Gasteiger partial charge is 0.282 e. The topological polar surface area (TPSA) is 58.8 Å². The van der Waals surface area contributed by atoms with Gasteiger partial charge in [-0.05, 0) is 75.9 Å². The van der Waals surface area contributed by atoms with Gasteiger partial charge < -0.3 is 20.3 Å². The van der Waals surface area contributed by atoms with Crippen LogP contribution in [0.15, 0.2) is 30.9 Å². The van der Waals surface area contributed by atoms with E-state index in [0.717, 1.165) is 56.9 Å². The molecule has 0 spiro atoms. The van der Waals surface area contributed by atoms with E-state index in [1.165, 1.54) is 63.4 Å². The van der Waals surface area contributed by atoms with Crippen LogP contribution in [0.25, 0.3) is 0 Å². The van der Waals surface area contributed by atoms with Gasteiger partial charge >= 0.3 is 0 Å². The fraction of sp³-hybridized carbons (Fsp3) is 0.667. The maximum absolute atomic E-state index is 11.6. The number of carbonyl (C=O) groups excluding carboxylic acids is 1. The molecule has 0 saturated heterocycles. The summed E-state index contributed by atoms with van der Waals surface area (Å²) >= 11 is 3.96. The van der Waals surface area contributed by atoms with E-state index >= 15 is 0 Å². The number of nitrogens with two attached hydrogens (primary N) is 1. The Kier molecular flexibility index (Phi) is 13.6. The quantitative estimate of drug-likeness (QED) is 0.183. The van der Waals surface area contributed by atoms with E-state index in [4.69, 9.17) is 10.5 Å². The number of rotatable bonds is 10. The molecule has 5 nitrogen and oxygen atoms in total. The number of aryl methyl sites for hydroxylation is 1. The highest BCUT2D eigenvalue weighted by atomic mass is 32.1. The zero-order valence-electron chi connectivity index (χ0n) is 20.6. The van der Waals surface area contributed by atoms with E-state index in [1.807, 2.05) is 18.2 Å². The minimum Gasteiger partial charge on any atom is -0.494 e. The van der Waals surface area contributed by atoms with Crippen LogP contribution in [0.4, 0.5) is 10.5 Å². The minimum atomic E-state index is -0.187. The molecule has 2 aliphatic rings. The highest BCUT2D eigenvalue weighted by Crippen LogP contribution is 2.31. The average molecular weight is 476 g/mol. The van der Waals surface area contributed by atoms with Crippen molar-refractivity contribution in [3.63, 3.8) is 0 Å². The van der Waals surface area contributed by atoms with Gasteiger partial charge in [-0.2, -0.15) is 0 Å². The molecule has 1 aromatic rings. The van der Waals surface area contributed by atoms with Gasteiger partial charge in [0, 0.05) is 24.8 Å². The highest BCUT2D eigenvalue weighted by molar-refractivity contribution is 7.96. The summed E-state index contributed by atoms with van der Waals surface area (Å²) < 4.78 is 5.89. The molecule has 1 aliphatic carbocycles. The molecule has 186 valence electrons. The Morgan fingerprint density at radius 2 is 1.91 bits per heavy atom. The average Bonchev–Trinajstić information content (AvgIpc) is 3.05. The molecule has 0 atom stereocenters. The third-order valence-electron chi connectivity index (χ3n) is 6.44. The van der Waals surface area contributed by atoms with Crippen LogP contribution in [-0.2, 0) is 6.42 Å². The van der Waals surface area contributed by atoms with Crippen LogP contribution in [0, 0.1) is 0 Å². The summed E-state index contributed by atoms with van der Waals surface area (Å²) in [4.78, 5) is 15.6. The van der Waals surface area contributed by atoms with E-state index in [0.29, 0.717) is 6.04 Å². The predicted octanol–water partition coefficient (Wildman–Crippen LogP) is 6.21. The molecule has 1 fully saturated rings. The van der Waals surface area contributed by atoms with Gasteiger partial charge in [-0.3, -0.25) is 4.79 Å². The number of hydrogen-bond donors (Lipinski definition) is 2. The van der Waals surface area contributed by atoms with E-state index in [9.17, 15) is 4.79 Å². The number of unbranched alkanes of at least 4 members (excludes halogenated alkanes) is 3. The second-order valence-corrected chi connectivity index (χ2v) is 9.78. The summed E-state index contributed by atoms with van der Waals surface area (Å²) in [5, 5.41) is -0.187. The third-order valence-corrected chi connectivity index (χ3v) is 6.69. The summed E-state index contributed by atoms with van der Waals surface area (Å²) in [5.74, 6) is 0.901. The van der Waals surface area contributed by atoms with Crippen molar-refractivity contribution in [2.45, 2.75) is 83.1 Å². The lowest BCUT2D eigenvalue weighted by molar-refractivity contribution is 0.265. The van der Waals surface area contributed by atoms with Gasteiger partial charge in [-0.1, -0.05) is 57.2 Å². The molecule has 1 aromatic carbocycles. The maximum Gasteiger partial charge on any atom is 0.282 e. The Hall–Kier alpha value is -1.50. The van der Waals surface area contributed by atoms with Gasteiger partial charge in [-0.25, -0.2) is 0 Å². The number of amides is 1. The van der Waals surface area contributed by atoms with Gasteiger partial charge in [0.2, 0.25) is 0 Å².